The molecule has 0 bridgehead atoms. The van der Waals surface area contributed by atoms with Gasteiger partial charge in [-0.1, -0.05) is 24.6 Å². The van der Waals surface area contributed by atoms with E-state index in [0.717, 1.165) is 12.2 Å². The lowest BCUT2D eigenvalue weighted by molar-refractivity contribution is -0.123. The van der Waals surface area contributed by atoms with Gasteiger partial charge in [0.05, 0.1) is 6.61 Å². The van der Waals surface area contributed by atoms with Gasteiger partial charge in [0.2, 0.25) is 0 Å². The van der Waals surface area contributed by atoms with E-state index in [1.165, 1.54) is 5.56 Å². The van der Waals surface area contributed by atoms with Crippen LogP contribution in [0.1, 0.15) is 25.3 Å². The van der Waals surface area contributed by atoms with Crippen LogP contribution in [0.3, 0.4) is 0 Å². The van der Waals surface area contributed by atoms with Gasteiger partial charge in [0.15, 0.2) is 5.78 Å². The Balaban J connectivity index is 1.90. The van der Waals surface area contributed by atoms with E-state index in [1.807, 2.05) is 38.1 Å². The van der Waals surface area contributed by atoms with Crippen molar-refractivity contribution in [2.24, 2.45) is 0 Å². The molecule has 0 fully saturated rings. The molecule has 20 heavy (non-hydrogen) atoms. The lowest BCUT2D eigenvalue weighted by Gasteiger charge is -2.07. The van der Waals surface area contributed by atoms with Crippen LogP contribution in [0.4, 0.5) is 0 Å². The third kappa shape index (κ3) is 7.92. The summed E-state index contributed by atoms with van der Waals surface area (Å²) in [7, 11) is 0. The predicted octanol–water partition coefficient (Wildman–Crippen LogP) is 2.78. The minimum atomic E-state index is 0.136. The molecule has 0 spiro atoms. The van der Waals surface area contributed by atoms with Crippen LogP contribution in [0, 0.1) is 6.92 Å². The first-order valence-corrected chi connectivity index (χ1v) is 7.09. The van der Waals surface area contributed by atoms with Crippen molar-refractivity contribution in [3.8, 4) is 5.75 Å². The standard InChI is InChI=1S/C16H24O4/c1-3-15(17)13-19-10-4-9-18-11-12-20-16-7-5-14(2)6-8-16/h5-8H,3-4,9-13H2,1-2H3. The minimum Gasteiger partial charge on any atom is -0.491 e. The molecular formula is C16H24O4. The van der Waals surface area contributed by atoms with E-state index in [1.54, 1.807) is 0 Å². The number of hydrogen-bond donors (Lipinski definition) is 0. The lowest BCUT2D eigenvalue weighted by atomic mass is 10.2. The average molecular weight is 280 g/mol. The number of ether oxygens (including phenoxy) is 3. The summed E-state index contributed by atoms with van der Waals surface area (Å²) >= 11 is 0. The van der Waals surface area contributed by atoms with E-state index in [9.17, 15) is 4.79 Å². The van der Waals surface area contributed by atoms with Gasteiger partial charge in [-0.3, -0.25) is 4.79 Å². The number of Topliss-reactive ketones (excluding diaryl/α,β-unsaturated/α-hetero) is 1. The molecule has 1 aromatic rings. The normalized spacial score (nSPS) is 10.5. The lowest BCUT2D eigenvalue weighted by Crippen LogP contribution is -2.11. The van der Waals surface area contributed by atoms with E-state index in [0.29, 0.717) is 32.8 Å². The number of ketones is 1. The fourth-order valence-corrected chi connectivity index (χ4v) is 1.51. The Morgan fingerprint density at radius 3 is 2.40 bits per heavy atom. The Morgan fingerprint density at radius 1 is 1.00 bits per heavy atom. The highest BCUT2D eigenvalue weighted by Crippen LogP contribution is 2.10. The highest BCUT2D eigenvalue weighted by molar-refractivity contribution is 5.79. The second-order valence-electron chi connectivity index (χ2n) is 4.57. The van der Waals surface area contributed by atoms with Crippen LogP contribution in [-0.2, 0) is 14.3 Å². The molecule has 1 aromatic carbocycles. The summed E-state index contributed by atoms with van der Waals surface area (Å²) in [5, 5.41) is 0. The third-order valence-electron chi connectivity index (χ3n) is 2.75. The molecule has 0 amide bonds. The van der Waals surface area contributed by atoms with Gasteiger partial charge in [0.25, 0.3) is 0 Å². The first kappa shape index (κ1) is 16.7. The van der Waals surface area contributed by atoms with Gasteiger partial charge in [0.1, 0.15) is 19.0 Å². The van der Waals surface area contributed by atoms with Crippen molar-refractivity contribution < 1.29 is 19.0 Å². The van der Waals surface area contributed by atoms with Gasteiger partial charge in [-0.25, -0.2) is 0 Å². The number of carbonyl (C=O) groups is 1. The van der Waals surface area contributed by atoms with Crippen molar-refractivity contribution in [3.05, 3.63) is 29.8 Å². The van der Waals surface area contributed by atoms with E-state index in [-0.39, 0.29) is 12.4 Å². The van der Waals surface area contributed by atoms with Crippen LogP contribution in [0.2, 0.25) is 0 Å². The molecule has 0 unspecified atom stereocenters. The average Bonchev–Trinajstić information content (AvgIpc) is 2.47. The molecule has 0 aliphatic heterocycles. The largest absolute Gasteiger partial charge is 0.491 e. The second-order valence-corrected chi connectivity index (χ2v) is 4.57. The molecule has 4 nitrogen and oxygen atoms in total. The molecule has 4 heteroatoms. The fourth-order valence-electron chi connectivity index (χ4n) is 1.51. The number of rotatable bonds is 11. The number of carbonyl (C=O) groups excluding carboxylic acids is 1. The molecule has 112 valence electrons. The van der Waals surface area contributed by atoms with Crippen molar-refractivity contribution in [3.63, 3.8) is 0 Å². The molecule has 0 aliphatic carbocycles. The van der Waals surface area contributed by atoms with Crippen molar-refractivity contribution in [1.29, 1.82) is 0 Å². The number of hydrogen-bond acceptors (Lipinski definition) is 4. The summed E-state index contributed by atoms with van der Waals surface area (Å²) in [6.45, 7) is 6.38. The number of benzene rings is 1. The van der Waals surface area contributed by atoms with Crippen LogP contribution >= 0.6 is 0 Å². The Bertz CT molecular complexity index is 373. The van der Waals surface area contributed by atoms with Gasteiger partial charge in [-0.2, -0.15) is 0 Å². The van der Waals surface area contributed by atoms with E-state index >= 15 is 0 Å². The van der Waals surface area contributed by atoms with Gasteiger partial charge in [-0.15, -0.1) is 0 Å². The Hall–Kier alpha value is -1.39. The van der Waals surface area contributed by atoms with Crippen LogP contribution in [-0.4, -0.2) is 38.8 Å². The van der Waals surface area contributed by atoms with Crippen LogP contribution in [0.15, 0.2) is 24.3 Å². The molecular weight excluding hydrogens is 256 g/mol. The van der Waals surface area contributed by atoms with Crippen molar-refractivity contribution >= 4 is 5.78 Å². The SMILES string of the molecule is CCC(=O)COCCCOCCOc1ccc(C)cc1. The van der Waals surface area contributed by atoms with Crippen molar-refractivity contribution in [2.45, 2.75) is 26.7 Å². The van der Waals surface area contributed by atoms with Gasteiger partial charge in [0, 0.05) is 19.6 Å². The zero-order valence-electron chi connectivity index (χ0n) is 12.4. The summed E-state index contributed by atoms with van der Waals surface area (Å²) in [4.78, 5) is 11.0. The quantitative estimate of drug-likeness (QED) is 0.585. The third-order valence-corrected chi connectivity index (χ3v) is 2.75. The van der Waals surface area contributed by atoms with Crippen molar-refractivity contribution in [1.82, 2.24) is 0 Å². The maximum absolute atomic E-state index is 11.0. The van der Waals surface area contributed by atoms with Gasteiger partial charge < -0.3 is 14.2 Å². The minimum absolute atomic E-state index is 0.136. The highest BCUT2D eigenvalue weighted by atomic mass is 16.5. The maximum Gasteiger partial charge on any atom is 0.158 e. The number of aryl methyl sites for hydroxylation is 1. The molecule has 0 atom stereocenters. The van der Waals surface area contributed by atoms with Crippen molar-refractivity contribution in [2.75, 3.05) is 33.0 Å². The zero-order chi connectivity index (χ0) is 14.6. The Morgan fingerprint density at radius 2 is 1.70 bits per heavy atom. The molecule has 0 aliphatic rings. The second kappa shape index (κ2) is 10.4. The Labute approximate surface area is 121 Å². The summed E-state index contributed by atoms with van der Waals surface area (Å²) in [5.74, 6) is 0.998. The first-order chi connectivity index (χ1) is 9.72. The zero-order valence-corrected chi connectivity index (χ0v) is 12.4. The summed E-state index contributed by atoms with van der Waals surface area (Å²) in [6, 6.07) is 7.94. The highest BCUT2D eigenvalue weighted by Gasteiger charge is 1.97. The van der Waals surface area contributed by atoms with E-state index in [4.69, 9.17) is 14.2 Å². The topological polar surface area (TPSA) is 44.8 Å². The predicted molar refractivity (Wildman–Crippen MR) is 78.2 cm³/mol. The summed E-state index contributed by atoms with van der Waals surface area (Å²) in [6.07, 6.45) is 1.33. The first-order valence-electron chi connectivity index (χ1n) is 7.09. The summed E-state index contributed by atoms with van der Waals surface area (Å²) < 4.78 is 16.2. The Kier molecular flexibility index (Phi) is 8.67. The van der Waals surface area contributed by atoms with Gasteiger partial charge in [-0.05, 0) is 25.5 Å². The molecule has 1 rings (SSSR count). The van der Waals surface area contributed by atoms with E-state index < -0.39 is 0 Å². The molecule has 0 radical (unpaired) electrons. The maximum atomic E-state index is 11.0. The monoisotopic (exact) mass is 280 g/mol. The van der Waals surface area contributed by atoms with Crippen LogP contribution in [0.5, 0.6) is 5.75 Å². The summed E-state index contributed by atoms with van der Waals surface area (Å²) in [5.41, 5.74) is 1.22. The van der Waals surface area contributed by atoms with E-state index in [2.05, 4.69) is 0 Å². The van der Waals surface area contributed by atoms with Crippen LogP contribution < -0.4 is 4.74 Å². The smallest absolute Gasteiger partial charge is 0.158 e. The molecule has 0 saturated heterocycles. The fraction of sp³-hybridized carbons (Fsp3) is 0.562. The van der Waals surface area contributed by atoms with Crippen LogP contribution in [0.25, 0.3) is 0 Å². The molecule has 0 heterocycles. The molecule has 0 aromatic heterocycles. The molecule has 0 saturated carbocycles. The molecule has 0 N–H and O–H groups in total. The van der Waals surface area contributed by atoms with Gasteiger partial charge >= 0.3 is 0 Å².